The molecule has 0 aromatic heterocycles. The molecule has 1 aromatic carbocycles. The van der Waals surface area contributed by atoms with Crippen LogP contribution in [0.15, 0.2) is 18.2 Å². The highest BCUT2D eigenvalue weighted by Gasteiger charge is 2.27. The van der Waals surface area contributed by atoms with Gasteiger partial charge in [-0.25, -0.2) is 8.78 Å². The summed E-state index contributed by atoms with van der Waals surface area (Å²) in [4.78, 5) is 16.3. The Hall–Kier alpha value is -1.69. The largest absolute Gasteiger partial charge is 0.481 e. The molecule has 0 spiro atoms. The molecule has 1 aliphatic heterocycles. The fourth-order valence-corrected chi connectivity index (χ4v) is 2.65. The predicted molar refractivity (Wildman–Crippen MR) is 79.7 cm³/mol. The van der Waals surface area contributed by atoms with Crippen LogP contribution in [0, 0.1) is 11.6 Å². The summed E-state index contributed by atoms with van der Waals surface area (Å²) in [7, 11) is 3.83. The lowest BCUT2D eigenvalue weighted by molar-refractivity contribution is -0.139. The van der Waals surface area contributed by atoms with E-state index in [4.69, 9.17) is 4.74 Å². The Labute approximate surface area is 129 Å². The molecular weight excluding hydrogens is 290 g/mol. The van der Waals surface area contributed by atoms with Gasteiger partial charge in [0.05, 0.1) is 0 Å². The number of likely N-dealkylation sites (N-methyl/N-ethyl adjacent to an activating group) is 1. The molecule has 1 aliphatic rings. The molecule has 0 radical (unpaired) electrons. The van der Waals surface area contributed by atoms with Crippen LogP contribution >= 0.6 is 0 Å². The third kappa shape index (κ3) is 3.94. The van der Waals surface area contributed by atoms with Crippen molar-refractivity contribution in [3.63, 3.8) is 0 Å². The summed E-state index contributed by atoms with van der Waals surface area (Å²) in [5.74, 6) is -1.92. The molecule has 1 amide bonds. The number of halogens is 2. The van der Waals surface area contributed by atoms with E-state index >= 15 is 0 Å². The average Bonchev–Trinajstić information content (AvgIpc) is 2.50. The molecule has 1 fully saturated rings. The van der Waals surface area contributed by atoms with Gasteiger partial charge in [0.25, 0.3) is 5.91 Å². The second-order valence-electron chi connectivity index (χ2n) is 5.82. The molecule has 0 saturated carbocycles. The first-order valence-electron chi connectivity index (χ1n) is 7.45. The van der Waals surface area contributed by atoms with Gasteiger partial charge in [-0.15, -0.1) is 0 Å². The van der Waals surface area contributed by atoms with Gasteiger partial charge < -0.3 is 14.5 Å². The Morgan fingerprint density at radius 1 is 1.32 bits per heavy atom. The quantitative estimate of drug-likeness (QED) is 0.855. The number of nitrogens with zero attached hydrogens (tertiary/aromatic N) is 2. The zero-order valence-electron chi connectivity index (χ0n) is 13.2. The maximum Gasteiger partial charge on any atom is 0.263 e. The number of amides is 1. The molecule has 0 unspecified atom stereocenters. The maximum atomic E-state index is 13.2. The molecule has 0 N–H and O–H groups in total. The minimum Gasteiger partial charge on any atom is -0.481 e. The molecule has 0 bridgehead atoms. The third-order valence-electron chi connectivity index (χ3n) is 4.14. The minimum atomic E-state index is -0.985. The standard InChI is InChI=1S/C16H22F2N2O2/c1-11(22-13-4-5-14(17)15(18)10-13)16(21)20(3)12-6-8-19(2)9-7-12/h4-5,10-12H,6-9H2,1-3H3/t11-/m1/s1. The fraction of sp³-hybridized carbons (Fsp3) is 0.562. The van der Waals surface area contributed by atoms with Crippen LogP contribution in [0.2, 0.25) is 0 Å². The van der Waals surface area contributed by atoms with Crippen LogP contribution in [0.3, 0.4) is 0 Å². The van der Waals surface area contributed by atoms with E-state index in [0.29, 0.717) is 0 Å². The lowest BCUT2D eigenvalue weighted by atomic mass is 10.0. The zero-order chi connectivity index (χ0) is 16.3. The first-order valence-corrected chi connectivity index (χ1v) is 7.45. The summed E-state index contributed by atoms with van der Waals surface area (Å²) in [6.07, 6.45) is 1.11. The molecule has 2 rings (SSSR count). The average molecular weight is 312 g/mol. The van der Waals surface area contributed by atoms with Crippen molar-refractivity contribution in [1.29, 1.82) is 0 Å². The smallest absolute Gasteiger partial charge is 0.263 e. The number of hydrogen-bond donors (Lipinski definition) is 0. The molecular formula is C16H22F2N2O2. The van der Waals surface area contributed by atoms with Crippen molar-refractivity contribution in [3.05, 3.63) is 29.8 Å². The predicted octanol–water partition coefficient (Wildman–Crippen LogP) is 2.28. The first kappa shape index (κ1) is 16.7. The molecule has 1 saturated heterocycles. The van der Waals surface area contributed by atoms with Crippen molar-refractivity contribution >= 4 is 5.91 Å². The van der Waals surface area contributed by atoms with Crippen molar-refractivity contribution in [2.45, 2.75) is 31.9 Å². The number of carbonyl (C=O) groups is 1. The van der Waals surface area contributed by atoms with Gasteiger partial charge in [0, 0.05) is 19.2 Å². The van der Waals surface area contributed by atoms with E-state index in [1.54, 1.807) is 18.9 Å². The van der Waals surface area contributed by atoms with E-state index in [-0.39, 0.29) is 17.7 Å². The molecule has 22 heavy (non-hydrogen) atoms. The van der Waals surface area contributed by atoms with Crippen molar-refractivity contribution in [3.8, 4) is 5.75 Å². The van der Waals surface area contributed by atoms with Crippen LogP contribution in [0.4, 0.5) is 8.78 Å². The van der Waals surface area contributed by atoms with E-state index in [2.05, 4.69) is 11.9 Å². The number of hydrogen-bond acceptors (Lipinski definition) is 3. The second-order valence-corrected chi connectivity index (χ2v) is 5.82. The molecule has 1 heterocycles. The SMILES string of the molecule is C[C@@H](Oc1ccc(F)c(F)c1)C(=O)N(C)C1CCN(C)CC1. The monoisotopic (exact) mass is 312 g/mol. The summed E-state index contributed by atoms with van der Waals surface area (Å²) in [6, 6.07) is 3.45. The lowest BCUT2D eigenvalue weighted by Gasteiger charge is -2.36. The molecule has 122 valence electrons. The summed E-state index contributed by atoms with van der Waals surface area (Å²) in [5, 5.41) is 0. The first-order chi connectivity index (χ1) is 10.4. The Balaban J connectivity index is 1.94. The van der Waals surface area contributed by atoms with Gasteiger partial charge in [0.15, 0.2) is 17.7 Å². The van der Waals surface area contributed by atoms with Crippen LogP contribution in [0.1, 0.15) is 19.8 Å². The lowest BCUT2D eigenvalue weighted by Crippen LogP contribution is -2.48. The van der Waals surface area contributed by atoms with Gasteiger partial charge in [-0.2, -0.15) is 0 Å². The van der Waals surface area contributed by atoms with Gasteiger partial charge in [-0.1, -0.05) is 0 Å². The van der Waals surface area contributed by atoms with E-state index in [1.165, 1.54) is 6.07 Å². The number of carbonyl (C=O) groups excluding carboxylic acids is 1. The highest BCUT2D eigenvalue weighted by Crippen LogP contribution is 2.19. The van der Waals surface area contributed by atoms with Crippen LogP contribution < -0.4 is 4.74 Å². The third-order valence-corrected chi connectivity index (χ3v) is 4.14. The summed E-state index contributed by atoms with van der Waals surface area (Å²) in [6.45, 7) is 3.54. The number of rotatable bonds is 4. The molecule has 4 nitrogen and oxygen atoms in total. The van der Waals surface area contributed by atoms with Crippen LogP contribution in [0.25, 0.3) is 0 Å². The van der Waals surface area contributed by atoms with Gasteiger partial charge in [-0.05, 0) is 52.0 Å². The topological polar surface area (TPSA) is 32.8 Å². The Bertz CT molecular complexity index is 531. The van der Waals surface area contributed by atoms with Gasteiger partial charge in [0.1, 0.15) is 5.75 Å². The van der Waals surface area contributed by atoms with Crippen LogP contribution in [0.5, 0.6) is 5.75 Å². The molecule has 6 heteroatoms. The van der Waals surface area contributed by atoms with E-state index in [9.17, 15) is 13.6 Å². The Morgan fingerprint density at radius 3 is 2.55 bits per heavy atom. The van der Waals surface area contributed by atoms with Gasteiger partial charge in [-0.3, -0.25) is 4.79 Å². The van der Waals surface area contributed by atoms with Crippen molar-refractivity contribution < 1.29 is 18.3 Å². The van der Waals surface area contributed by atoms with Gasteiger partial charge in [0.2, 0.25) is 0 Å². The normalized spacial score (nSPS) is 18.0. The highest BCUT2D eigenvalue weighted by atomic mass is 19.2. The molecule has 1 atom stereocenters. The minimum absolute atomic E-state index is 0.150. The van der Waals surface area contributed by atoms with Crippen molar-refractivity contribution in [2.75, 3.05) is 27.2 Å². The molecule has 1 aromatic rings. The number of likely N-dealkylation sites (tertiary alicyclic amines) is 1. The van der Waals surface area contributed by atoms with Gasteiger partial charge >= 0.3 is 0 Å². The number of piperidine rings is 1. The number of benzene rings is 1. The van der Waals surface area contributed by atoms with Crippen LogP contribution in [-0.4, -0.2) is 55.0 Å². The van der Waals surface area contributed by atoms with E-state index < -0.39 is 17.7 Å². The summed E-state index contributed by atoms with van der Waals surface area (Å²) >= 11 is 0. The molecule has 0 aliphatic carbocycles. The van der Waals surface area contributed by atoms with E-state index in [0.717, 1.165) is 38.1 Å². The fourth-order valence-electron chi connectivity index (χ4n) is 2.65. The summed E-state index contributed by atoms with van der Waals surface area (Å²) < 4.78 is 31.5. The Morgan fingerprint density at radius 2 is 1.95 bits per heavy atom. The van der Waals surface area contributed by atoms with Crippen LogP contribution in [-0.2, 0) is 4.79 Å². The van der Waals surface area contributed by atoms with E-state index in [1.807, 2.05) is 0 Å². The summed E-state index contributed by atoms with van der Waals surface area (Å²) in [5.41, 5.74) is 0. The van der Waals surface area contributed by atoms with Crippen molar-refractivity contribution in [2.24, 2.45) is 0 Å². The maximum absolute atomic E-state index is 13.2. The second kappa shape index (κ2) is 7.05. The highest BCUT2D eigenvalue weighted by molar-refractivity contribution is 5.81. The number of ether oxygens (including phenoxy) is 1. The zero-order valence-corrected chi connectivity index (χ0v) is 13.2. The Kier molecular flexibility index (Phi) is 5.34. The van der Waals surface area contributed by atoms with Crippen molar-refractivity contribution in [1.82, 2.24) is 9.80 Å².